The molecule has 4 nitrogen and oxygen atoms in total. The number of hydrogen-bond donors (Lipinski definition) is 0. The lowest BCUT2D eigenvalue weighted by molar-refractivity contribution is -0.0515. The second kappa shape index (κ2) is 6.36. The van der Waals surface area contributed by atoms with Crippen molar-refractivity contribution in [3.05, 3.63) is 23.9 Å². The number of morpholine rings is 1. The van der Waals surface area contributed by atoms with Crippen molar-refractivity contribution in [2.24, 2.45) is 0 Å². The summed E-state index contributed by atoms with van der Waals surface area (Å²) in [4.78, 5) is 6.78. The van der Waals surface area contributed by atoms with Gasteiger partial charge in [-0.15, -0.1) is 11.6 Å². The fourth-order valence-electron chi connectivity index (χ4n) is 2.06. The number of methoxy groups -OCH3 is 1. The van der Waals surface area contributed by atoms with Gasteiger partial charge in [0.05, 0.1) is 25.5 Å². The summed E-state index contributed by atoms with van der Waals surface area (Å²) in [7, 11) is 1.63. The normalized spacial score (nSPS) is 25.1. The molecule has 0 aromatic carbocycles. The van der Waals surface area contributed by atoms with Crippen molar-refractivity contribution in [2.75, 3.05) is 26.1 Å². The molecule has 2 rings (SSSR count). The Hall–Kier alpha value is -0.840. The predicted molar refractivity (Wildman–Crippen MR) is 71.1 cm³/mol. The minimum absolute atomic E-state index is 0.119. The molecule has 2 heterocycles. The summed E-state index contributed by atoms with van der Waals surface area (Å²) in [6, 6.07) is 6.22. The van der Waals surface area contributed by atoms with E-state index in [0.717, 1.165) is 25.4 Å². The van der Waals surface area contributed by atoms with E-state index in [2.05, 4.69) is 16.8 Å². The van der Waals surface area contributed by atoms with E-state index in [1.54, 1.807) is 7.11 Å². The second-order valence-electron chi connectivity index (χ2n) is 4.56. The van der Waals surface area contributed by atoms with Gasteiger partial charge in [-0.1, -0.05) is 6.07 Å². The van der Waals surface area contributed by atoms with Gasteiger partial charge in [-0.2, -0.15) is 0 Å². The standard InChI is InChI=1S/C13H19ClN2O2/c1-10-9-18-12(6-14)8-16(10)7-11-4-3-5-13(15-11)17-2/h3-5,10,12H,6-9H2,1-2H3. The molecule has 0 aliphatic carbocycles. The predicted octanol–water partition coefficient (Wildman–Crippen LogP) is 1.92. The van der Waals surface area contributed by atoms with Crippen molar-refractivity contribution in [3.63, 3.8) is 0 Å². The van der Waals surface area contributed by atoms with Crippen molar-refractivity contribution in [2.45, 2.75) is 25.6 Å². The van der Waals surface area contributed by atoms with E-state index in [4.69, 9.17) is 21.1 Å². The van der Waals surface area contributed by atoms with Crippen LogP contribution in [0, 0.1) is 0 Å². The molecule has 1 saturated heterocycles. The van der Waals surface area contributed by atoms with Crippen LogP contribution in [-0.4, -0.2) is 48.2 Å². The number of aromatic nitrogens is 1. The molecule has 0 saturated carbocycles. The highest BCUT2D eigenvalue weighted by molar-refractivity contribution is 6.18. The first kappa shape index (κ1) is 13.6. The highest BCUT2D eigenvalue weighted by Crippen LogP contribution is 2.16. The molecule has 2 atom stereocenters. The quantitative estimate of drug-likeness (QED) is 0.783. The smallest absolute Gasteiger partial charge is 0.213 e. The maximum Gasteiger partial charge on any atom is 0.213 e. The van der Waals surface area contributed by atoms with Gasteiger partial charge in [0.1, 0.15) is 0 Å². The Bertz CT molecular complexity index is 389. The highest BCUT2D eigenvalue weighted by Gasteiger charge is 2.25. The lowest BCUT2D eigenvalue weighted by Crippen LogP contribution is -2.48. The van der Waals surface area contributed by atoms with Gasteiger partial charge in [-0.05, 0) is 13.0 Å². The Balaban J connectivity index is 2.02. The van der Waals surface area contributed by atoms with E-state index in [0.29, 0.717) is 17.8 Å². The molecule has 0 bridgehead atoms. The highest BCUT2D eigenvalue weighted by atomic mass is 35.5. The van der Waals surface area contributed by atoms with Crippen molar-refractivity contribution in [1.29, 1.82) is 0 Å². The van der Waals surface area contributed by atoms with Crippen LogP contribution in [-0.2, 0) is 11.3 Å². The van der Waals surface area contributed by atoms with Crippen molar-refractivity contribution >= 4 is 11.6 Å². The summed E-state index contributed by atoms with van der Waals surface area (Å²) in [6.45, 7) is 4.53. The van der Waals surface area contributed by atoms with Gasteiger partial charge in [0.2, 0.25) is 5.88 Å². The van der Waals surface area contributed by atoms with Gasteiger partial charge in [-0.25, -0.2) is 4.98 Å². The maximum atomic E-state index is 5.86. The molecule has 100 valence electrons. The number of hydrogen-bond acceptors (Lipinski definition) is 4. The summed E-state index contributed by atoms with van der Waals surface area (Å²) in [6.07, 6.45) is 0.119. The Labute approximate surface area is 113 Å². The van der Waals surface area contributed by atoms with Crippen molar-refractivity contribution < 1.29 is 9.47 Å². The second-order valence-corrected chi connectivity index (χ2v) is 4.87. The molecular formula is C13H19ClN2O2. The van der Waals surface area contributed by atoms with Crippen LogP contribution in [0.5, 0.6) is 5.88 Å². The largest absolute Gasteiger partial charge is 0.481 e. The van der Waals surface area contributed by atoms with E-state index in [1.807, 2.05) is 18.2 Å². The molecule has 5 heteroatoms. The Kier molecular flexibility index (Phi) is 4.80. The van der Waals surface area contributed by atoms with E-state index in [-0.39, 0.29) is 6.10 Å². The number of halogens is 1. The zero-order chi connectivity index (χ0) is 13.0. The molecule has 1 aromatic heterocycles. The summed E-state index contributed by atoms with van der Waals surface area (Å²) < 4.78 is 10.8. The molecule has 1 aromatic rings. The van der Waals surface area contributed by atoms with Gasteiger partial charge in [0.25, 0.3) is 0 Å². The van der Waals surface area contributed by atoms with Crippen LogP contribution in [0.15, 0.2) is 18.2 Å². The SMILES string of the molecule is COc1cccc(CN2CC(CCl)OCC2C)n1. The molecule has 1 aliphatic rings. The Morgan fingerprint density at radius 1 is 1.56 bits per heavy atom. The van der Waals surface area contributed by atoms with E-state index in [1.165, 1.54) is 0 Å². The van der Waals surface area contributed by atoms with Crippen molar-refractivity contribution in [3.8, 4) is 5.88 Å². The molecule has 0 N–H and O–H groups in total. The molecule has 0 amide bonds. The first-order chi connectivity index (χ1) is 8.72. The van der Waals surface area contributed by atoms with Crippen LogP contribution in [0.1, 0.15) is 12.6 Å². The first-order valence-corrected chi connectivity index (χ1v) is 6.68. The zero-order valence-electron chi connectivity index (χ0n) is 10.8. The average molecular weight is 271 g/mol. The summed E-state index contributed by atoms with van der Waals surface area (Å²) in [5, 5.41) is 0. The maximum absolute atomic E-state index is 5.86. The van der Waals surface area contributed by atoms with Gasteiger partial charge in [0, 0.05) is 31.1 Å². The van der Waals surface area contributed by atoms with Gasteiger partial charge < -0.3 is 9.47 Å². The third-order valence-electron chi connectivity index (χ3n) is 3.16. The summed E-state index contributed by atoms with van der Waals surface area (Å²) in [5.41, 5.74) is 1.01. The van der Waals surface area contributed by atoms with Gasteiger partial charge in [0.15, 0.2) is 0 Å². The average Bonchev–Trinajstić information content (AvgIpc) is 2.41. The lowest BCUT2D eigenvalue weighted by Gasteiger charge is -2.37. The minimum atomic E-state index is 0.119. The van der Waals surface area contributed by atoms with E-state index < -0.39 is 0 Å². The molecule has 0 spiro atoms. The van der Waals surface area contributed by atoms with Crippen LogP contribution in [0.25, 0.3) is 0 Å². The van der Waals surface area contributed by atoms with Gasteiger partial charge in [-0.3, -0.25) is 4.90 Å². The minimum Gasteiger partial charge on any atom is -0.481 e. The van der Waals surface area contributed by atoms with Gasteiger partial charge >= 0.3 is 0 Å². The van der Waals surface area contributed by atoms with Crippen LogP contribution >= 0.6 is 11.6 Å². The third-order valence-corrected chi connectivity index (χ3v) is 3.51. The zero-order valence-corrected chi connectivity index (χ0v) is 11.6. The van der Waals surface area contributed by atoms with Crippen LogP contribution in [0.2, 0.25) is 0 Å². The topological polar surface area (TPSA) is 34.6 Å². The van der Waals surface area contributed by atoms with E-state index >= 15 is 0 Å². The number of nitrogens with zero attached hydrogens (tertiary/aromatic N) is 2. The Morgan fingerprint density at radius 2 is 2.39 bits per heavy atom. The van der Waals surface area contributed by atoms with E-state index in [9.17, 15) is 0 Å². The molecule has 0 radical (unpaired) electrons. The third kappa shape index (κ3) is 3.34. The lowest BCUT2D eigenvalue weighted by atomic mass is 10.2. The monoisotopic (exact) mass is 270 g/mol. The molecule has 1 fully saturated rings. The fourth-order valence-corrected chi connectivity index (χ4v) is 2.24. The number of alkyl halides is 1. The summed E-state index contributed by atoms with van der Waals surface area (Å²) >= 11 is 5.86. The number of ether oxygens (including phenoxy) is 2. The molecular weight excluding hydrogens is 252 g/mol. The van der Waals surface area contributed by atoms with Crippen LogP contribution < -0.4 is 4.74 Å². The molecule has 18 heavy (non-hydrogen) atoms. The van der Waals surface area contributed by atoms with Crippen LogP contribution in [0.3, 0.4) is 0 Å². The van der Waals surface area contributed by atoms with Crippen molar-refractivity contribution in [1.82, 2.24) is 9.88 Å². The summed E-state index contributed by atoms with van der Waals surface area (Å²) in [5.74, 6) is 1.19. The Morgan fingerprint density at radius 3 is 3.11 bits per heavy atom. The molecule has 1 aliphatic heterocycles. The van der Waals surface area contributed by atoms with Crippen LogP contribution in [0.4, 0.5) is 0 Å². The molecule has 2 unspecified atom stereocenters. The first-order valence-electron chi connectivity index (χ1n) is 6.14. The fraction of sp³-hybridized carbons (Fsp3) is 0.615. The number of rotatable bonds is 4. The number of pyridine rings is 1.